The molecule has 2 aromatic rings. The molecule has 5 nitrogen and oxygen atoms in total. The lowest BCUT2D eigenvalue weighted by Crippen LogP contribution is -2.19. The molecule has 0 aliphatic heterocycles. The summed E-state index contributed by atoms with van der Waals surface area (Å²) in [6.07, 6.45) is -3.26. The average Bonchev–Trinajstić information content (AvgIpc) is 2.45. The van der Waals surface area contributed by atoms with E-state index in [2.05, 4.69) is 20.0 Å². The molecule has 1 N–H and O–H groups in total. The fraction of sp³-hybridized carbons (Fsp3) is 0.214. The second-order valence-electron chi connectivity index (χ2n) is 4.53. The Morgan fingerprint density at radius 1 is 1.30 bits per heavy atom. The van der Waals surface area contributed by atoms with E-state index in [1.807, 2.05) is 0 Å². The van der Waals surface area contributed by atoms with Crippen LogP contribution in [0.25, 0.3) is 0 Å². The van der Waals surface area contributed by atoms with E-state index in [0.29, 0.717) is 5.69 Å². The molecule has 0 bridgehead atoms. The molecule has 2 rings (SSSR count). The van der Waals surface area contributed by atoms with Crippen LogP contribution in [0, 0.1) is 6.92 Å². The van der Waals surface area contributed by atoms with Gasteiger partial charge in [0.15, 0.2) is 6.61 Å². The number of amides is 1. The van der Waals surface area contributed by atoms with Crippen molar-refractivity contribution in [3.05, 3.63) is 46.9 Å². The summed E-state index contributed by atoms with van der Waals surface area (Å²) in [7, 11) is 0. The van der Waals surface area contributed by atoms with Crippen molar-refractivity contribution in [3.8, 4) is 5.88 Å². The summed E-state index contributed by atoms with van der Waals surface area (Å²) in [6, 6.07) is 5.74. The third-order valence-corrected chi connectivity index (χ3v) is 2.90. The van der Waals surface area contributed by atoms with Gasteiger partial charge in [-0.3, -0.25) is 4.79 Å². The Morgan fingerprint density at radius 3 is 2.61 bits per heavy atom. The van der Waals surface area contributed by atoms with Gasteiger partial charge in [0.1, 0.15) is 5.15 Å². The van der Waals surface area contributed by atoms with Crippen LogP contribution in [0.15, 0.2) is 30.5 Å². The predicted molar refractivity (Wildman–Crippen MR) is 77.7 cm³/mol. The SMILES string of the molecule is Cc1ccc(C(=O)Nc2ccc(OCC(F)(F)F)nc2)c(Cl)n1. The highest BCUT2D eigenvalue weighted by Crippen LogP contribution is 2.19. The fourth-order valence-corrected chi connectivity index (χ4v) is 1.87. The Kier molecular flexibility index (Phi) is 5.05. The second-order valence-corrected chi connectivity index (χ2v) is 4.89. The first-order valence-electron chi connectivity index (χ1n) is 6.35. The van der Waals surface area contributed by atoms with E-state index in [1.54, 1.807) is 13.0 Å². The predicted octanol–water partition coefficient (Wildman–Crippen LogP) is 3.63. The Bertz CT molecular complexity index is 705. The summed E-state index contributed by atoms with van der Waals surface area (Å²) in [6.45, 7) is 0.299. The summed E-state index contributed by atoms with van der Waals surface area (Å²) < 4.78 is 40.5. The number of aromatic nitrogens is 2. The van der Waals surface area contributed by atoms with Gasteiger partial charge >= 0.3 is 6.18 Å². The molecule has 0 radical (unpaired) electrons. The van der Waals surface area contributed by atoms with Crippen molar-refractivity contribution < 1.29 is 22.7 Å². The van der Waals surface area contributed by atoms with E-state index in [1.165, 1.54) is 24.4 Å². The van der Waals surface area contributed by atoms with Gasteiger partial charge in [-0.2, -0.15) is 13.2 Å². The maximum absolute atomic E-state index is 12.0. The first-order valence-corrected chi connectivity index (χ1v) is 6.72. The standard InChI is InChI=1S/C14H11ClF3N3O2/c1-8-2-4-10(12(15)20-8)13(22)21-9-3-5-11(19-6-9)23-7-14(16,17)18/h2-6H,7H2,1H3,(H,21,22). The third-order valence-electron chi connectivity index (χ3n) is 2.61. The molecular formula is C14H11ClF3N3O2. The zero-order chi connectivity index (χ0) is 17.0. The number of anilines is 1. The van der Waals surface area contributed by atoms with E-state index in [9.17, 15) is 18.0 Å². The molecule has 0 saturated carbocycles. The van der Waals surface area contributed by atoms with E-state index in [4.69, 9.17) is 11.6 Å². The number of nitrogens with one attached hydrogen (secondary N) is 1. The van der Waals surface area contributed by atoms with Gasteiger partial charge in [0, 0.05) is 11.8 Å². The molecule has 0 unspecified atom stereocenters. The number of carbonyl (C=O) groups is 1. The normalized spacial score (nSPS) is 11.2. The van der Waals surface area contributed by atoms with Gasteiger partial charge in [0.05, 0.1) is 17.4 Å². The van der Waals surface area contributed by atoms with Gasteiger partial charge in [-0.15, -0.1) is 0 Å². The summed E-state index contributed by atoms with van der Waals surface area (Å²) in [5.41, 5.74) is 1.13. The van der Waals surface area contributed by atoms with E-state index >= 15 is 0 Å². The third kappa shape index (κ3) is 5.10. The molecule has 0 fully saturated rings. The van der Waals surface area contributed by atoms with Crippen LogP contribution >= 0.6 is 11.6 Å². The maximum atomic E-state index is 12.0. The zero-order valence-corrected chi connectivity index (χ0v) is 12.6. The van der Waals surface area contributed by atoms with Crippen molar-refractivity contribution in [1.29, 1.82) is 0 Å². The molecular weight excluding hydrogens is 335 g/mol. The molecule has 0 aliphatic rings. The molecule has 0 spiro atoms. The number of carbonyl (C=O) groups excluding carboxylic acids is 1. The molecule has 0 aromatic carbocycles. The molecule has 2 heterocycles. The first kappa shape index (κ1) is 17.0. The van der Waals surface area contributed by atoms with Crippen molar-refractivity contribution in [2.24, 2.45) is 0 Å². The van der Waals surface area contributed by atoms with Gasteiger partial charge < -0.3 is 10.1 Å². The van der Waals surface area contributed by atoms with Crippen LogP contribution in [0.4, 0.5) is 18.9 Å². The summed E-state index contributed by atoms with van der Waals surface area (Å²) >= 11 is 5.89. The summed E-state index contributed by atoms with van der Waals surface area (Å²) in [5, 5.41) is 2.57. The van der Waals surface area contributed by atoms with Gasteiger partial charge in [-0.1, -0.05) is 11.6 Å². The topological polar surface area (TPSA) is 64.1 Å². The quantitative estimate of drug-likeness (QED) is 0.859. The molecule has 2 aromatic heterocycles. The number of pyridine rings is 2. The minimum Gasteiger partial charge on any atom is -0.468 e. The van der Waals surface area contributed by atoms with Crippen molar-refractivity contribution in [1.82, 2.24) is 9.97 Å². The maximum Gasteiger partial charge on any atom is 0.422 e. The number of nitrogens with zero attached hydrogens (tertiary/aromatic N) is 2. The van der Waals surface area contributed by atoms with Crippen molar-refractivity contribution in [3.63, 3.8) is 0 Å². The van der Waals surface area contributed by atoms with Gasteiger partial charge in [0.25, 0.3) is 5.91 Å². The van der Waals surface area contributed by atoms with Gasteiger partial charge in [0.2, 0.25) is 5.88 Å². The first-order chi connectivity index (χ1) is 10.7. The molecule has 122 valence electrons. The average molecular weight is 346 g/mol. The highest BCUT2D eigenvalue weighted by atomic mass is 35.5. The Balaban J connectivity index is 2.01. The molecule has 23 heavy (non-hydrogen) atoms. The summed E-state index contributed by atoms with van der Waals surface area (Å²) in [5.74, 6) is -0.705. The number of ether oxygens (including phenoxy) is 1. The second kappa shape index (κ2) is 6.82. The van der Waals surface area contributed by atoms with Crippen molar-refractivity contribution in [2.75, 3.05) is 11.9 Å². The van der Waals surface area contributed by atoms with E-state index < -0.39 is 18.7 Å². The van der Waals surface area contributed by atoms with Gasteiger partial charge in [-0.05, 0) is 25.1 Å². The van der Waals surface area contributed by atoms with Crippen LogP contribution in [-0.2, 0) is 0 Å². The Morgan fingerprint density at radius 2 is 2.04 bits per heavy atom. The lowest BCUT2D eigenvalue weighted by Gasteiger charge is -2.09. The largest absolute Gasteiger partial charge is 0.468 e. The van der Waals surface area contributed by atoms with E-state index in [0.717, 1.165) is 0 Å². The molecule has 1 amide bonds. The van der Waals surface area contributed by atoms with Crippen LogP contribution in [-0.4, -0.2) is 28.7 Å². The van der Waals surface area contributed by atoms with Crippen LogP contribution in [0.1, 0.15) is 16.1 Å². The minimum absolute atomic E-state index is 0.0561. The smallest absolute Gasteiger partial charge is 0.422 e. The number of rotatable bonds is 4. The number of alkyl halides is 3. The number of halogens is 4. The number of aryl methyl sites for hydroxylation is 1. The van der Waals surface area contributed by atoms with Crippen LogP contribution in [0.3, 0.4) is 0 Å². The number of hydrogen-bond acceptors (Lipinski definition) is 4. The lowest BCUT2D eigenvalue weighted by atomic mass is 10.2. The Hall–Kier alpha value is -2.35. The van der Waals surface area contributed by atoms with Gasteiger partial charge in [-0.25, -0.2) is 9.97 Å². The minimum atomic E-state index is -4.44. The molecule has 0 aliphatic carbocycles. The monoisotopic (exact) mass is 345 g/mol. The molecule has 0 saturated heterocycles. The lowest BCUT2D eigenvalue weighted by molar-refractivity contribution is -0.154. The Labute approximate surface area is 134 Å². The van der Waals surface area contributed by atoms with Crippen molar-refractivity contribution >= 4 is 23.2 Å². The highest BCUT2D eigenvalue weighted by molar-refractivity contribution is 6.33. The van der Waals surface area contributed by atoms with Crippen LogP contribution in [0.2, 0.25) is 5.15 Å². The molecule has 9 heteroatoms. The number of hydrogen-bond donors (Lipinski definition) is 1. The fourth-order valence-electron chi connectivity index (χ4n) is 1.59. The van der Waals surface area contributed by atoms with Crippen LogP contribution < -0.4 is 10.1 Å². The zero-order valence-electron chi connectivity index (χ0n) is 11.8. The highest BCUT2D eigenvalue weighted by Gasteiger charge is 2.28. The summed E-state index contributed by atoms with van der Waals surface area (Å²) in [4.78, 5) is 19.7. The molecule has 0 atom stereocenters. The van der Waals surface area contributed by atoms with Crippen LogP contribution in [0.5, 0.6) is 5.88 Å². The van der Waals surface area contributed by atoms with E-state index in [-0.39, 0.29) is 22.3 Å². The van der Waals surface area contributed by atoms with Crippen molar-refractivity contribution in [2.45, 2.75) is 13.1 Å².